The first-order valence-corrected chi connectivity index (χ1v) is 6.38. The fraction of sp³-hybridized carbons (Fsp3) is 0.462. The Hall–Kier alpha value is -2.19. The first kappa shape index (κ1) is 16.9. The summed E-state index contributed by atoms with van der Waals surface area (Å²) in [5.74, 6) is 0.167. The van der Waals surface area contributed by atoms with Gasteiger partial charge in [-0.05, 0) is 6.07 Å². The van der Waals surface area contributed by atoms with Gasteiger partial charge < -0.3 is 20.1 Å². The Morgan fingerprint density at radius 2 is 2.19 bits per heavy atom. The number of hydrogen-bond acceptors (Lipinski definition) is 6. The normalized spacial score (nSPS) is 10.2. The molecule has 1 aromatic carbocycles. The van der Waals surface area contributed by atoms with Crippen molar-refractivity contribution in [1.82, 2.24) is 10.6 Å². The Bertz CT molecular complexity index is 493. The van der Waals surface area contributed by atoms with Crippen LogP contribution in [-0.4, -0.2) is 44.7 Å². The molecule has 0 atom stereocenters. The van der Waals surface area contributed by atoms with Gasteiger partial charge >= 0.3 is 0 Å². The van der Waals surface area contributed by atoms with E-state index in [9.17, 15) is 14.9 Å². The van der Waals surface area contributed by atoms with Gasteiger partial charge in [0.05, 0.1) is 11.5 Å². The largest absolute Gasteiger partial charge is 0.483 e. The lowest BCUT2D eigenvalue weighted by Gasteiger charge is -2.11. The first-order valence-electron chi connectivity index (χ1n) is 6.38. The van der Waals surface area contributed by atoms with E-state index in [1.807, 2.05) is 0 Å². The Balaban J connectivity index is 2.78. The molecule has 21 heavy (non-hydrogen) atoms. The molecule has 8 heteroatoms. The molecule has 8 nitrogen and oxygen atoms in total. The lowest BCUT2D eigenvalue weighted by molar-refractivity contribution is -0.384. The third-order valence-corrected chi connectivity index (χ3v) is 2.69. The molecule has 1 rings (SSSR count). The van der Waals surface area contributed by atoms with Crippen molar-refractivity contribution in [2.45, 2.75) is 6.54 Å². The van der Waals surface area contributed by atoms with Crippen LogP contribution >= 0.6 is 0 Å². The van der Waals surface area contributed by atoms with E-state index >= 15 is 0 Å². The first-order chi connectivity index (χ1) is 10.1. The van der Waals surface area contributed by atoms with Crippen LogP contribution in [0.2, 0.25) is 0 Å². The Morgan fingerprint density at radius 1 is 1.43 bits per heavy atom. The second-order valence-electron chi connectivity index (χ2n) is 4.18. The predicted molar refractivity (Wildman–Crippen MR) is 76.2 cm³/mol. The number of carbonyl (C=O) groups is 1. The molecule has 0 saturated carbocycles. The number of amides is 1. The molecule has 0 fully saturated rings. The van der Waals surface area contributed by atoms with Gasteiger partial charge in [0.15, 0.2) is 6.61 Å². The van der Waals surface area contributed by atoms with Crippen molar-refractivity contribution < 1.29 is 19.2 Å². The average Bonchev–Trinajstić information content (AvgIpc) is 2.49. The predicted octanol–water partition coefficient (Wildman–Crippen LogP) is 0.456. The number of hydrogen-bond donors (Lipinski definition) is 2. The van der Waals surface area contributed by atoms with Crippen molar-refractivity contribution >= 4 is 11.6 Å². The van der Waals surface area contributed by atoms with Crippen molar-refractivity contribution in [3.63, 3.8) is 0 Å². The summed E-state index contributed by atoms with van der Waals surface area (Å²) in [4.78, 5) is 21.5. The van der Waals surface area contributed by atoms with E-state index in [2.05, 4.69) is 10.6 Å². The molecule has 0 radical (unpaired) electrons. The summed E-state index contributed by atoms with van der Waals surface area (Å²) in [6.07, 6.45) is 0. The van der Waals surface area contributed by atoms with Gasteiger partial charge in [-0.1, -0.05) is 0 Å². The zero-order valence-corrected chi connectivity index (χ0v) is 12.0. The maximum Gasteiger partial charge on any atom is 0.270 e. The molecule has 0 aliphatic carbocycles. The molecule has 0 saturated heterocycles. The van der Waals surface area contributed by atoms with Crippen molar-refractivity contribution in [2.24, 2.45) is 0 Å². The quantitative estimate of drug-likeness (QED) is 0.390. The zero-order chi connectivity index (χ0) is 15.7. The smallest absolute Gasteiger partial charge is 0.270 e. The lowest BCUT2D eigenvalue weighted by Crippen LogP contribution is -2.25. The molecule has 0 aliphatic rings. The summed E-state index contributed by atoms with van der Waals surface area (Å²) in [5.41, 5.74) is 0.593. The molecule has 0 unspecified atom stereocenters. The second-order valence-corrected chi connectivity index (χ2v) is 4.18. The van der Waals surface area contributed by atoms with Gasteiger partial charge in [0.1, 0.15) is 5.75 Å². The van der Waals surface area contributed by atoms with Crippen LogP contribution in [0.25, 0.3) is 0 Å². The van der Waals surface area contributed by atoms with Crippen molar-refractivity contribution in [2.75, 3.05) is 33.9 Å². The van der Waals surface area contributed by atoms with Gasteiger partial charge in [-0.25, -0.2) is 0 Å². The fourth-order valence-corrected chi connectivity index (χ4v) is 1.57. The third kappa shape index (κ3) is 5.76. The Morgan fingerprint density at radius 3 is 2.81 bits per heavy atom. The van der Waals surface area contributed by atoms with Crippen LogP contribution in [0.3, 0.4) is 0 Å². The number of non-ortho nitro benzene ring substituents is 1. The Labute approximate surface area is 122 Å². The topological polar surface area (TPSA) is 103 Å². The van der Waals surface area contributed by atoms with E-state index in [-0.39, 0.29) is 18.2 Å². The van der Waals surface area contributed by atoms with Crippen LogP contribution in [0.15, 0.2) is 18.2 Å². The molecule has 0 heterocycles. The number of likely N-dealkylation sites (N-methyl/N-ethyl adjacent to an activating group) is 1. The summed E-state index contributed by atoms with van der Waals surface area (Å²) in [6, 6.07) is 4.27. The lowest BCUT2D eigenvalue weighted by atomic mass is 10.1. The van der Waals surface area contributed by atoms with Gasteiger partial charge in [-0.15, -0.1) is 0 Å². The number of benzene rings is 1. The van der Waals surface area contributed by atoms with E-state index in [0.29, 0.717) is 31.0 Å². The molecule has 0 bridgehead atoms. The van der Waals surface area contributed by atoms with E-state index < -0.39 is 4.92 Å². The molecule has 0 aromatic heterocycles. The number of nitrogens with zero attached hydrogens (tertiary/aromatic N) is 1. The van der Waals surface area contributed by atoms with Crippen LogP contribution in [0.4, 0.5) is 5.69 Å². The summed E-state index contributed by atoms with van der Waals surface area (Å²) >= 11 is 0. The minimum Gasteiger partial charge on any atom is -0.483 e. The molecular weight excluding hydrogens is 278 g/mol. The molecular formula is C13H19N3O5. The number of rotatable bonds is 9. The summed E-state index contributed by atoms with van der Waals surface area (Å²) in [5, 5.41) is 16.3. The highest BCUT2D eigenvalue weighted by Crippen LogP contribution is 2.24. The van der Waals surface area contributed by atoms with Crippen LogP contribution in [0.5, 0.6) is 5.75 Å². The van der Waals surface area contributed by atoms with E-state index in [0.717, 1.165) is 0 Å². The molecule has 1 amide bonds. The third-order valence-electron chi connectivity index (χ3n) is 2.69. The second kappa shape index (κ2) is 8.88. The van der Waals surface area contributed by atoms with Crippen LogP contribution in [0, 0.1) is 10.1 Å². The SMILES string of the molecule is CNC(=O)COc1ccc([N+](=O)[O-])cc1CNCCOC. The van der Waals surface area contributed by atoms with Gasteiger partial charge in [-0.2, -0.15) is 0 Å². The van der Waals surface area contributed by atoms with Gasteiger partial charge in [-0.3, -0.25) is 14.9 Å². The van der Waals surface area contributed by atoms with Gasteiger partial charge in [0.2, 0.25) is 0 Å². The maximum atomic E-state index is 11.2. The van der Waals surface area contributed by atoms with Crippen LogP contribution < -0.4 is 15.4 Å². The molecule has 2 N–H and O–H groups in total. The number of methoxy groups -OCH3 is 1. The average molecular weight is 297 g/mol. The van der Waals surface area contributed by atoms with Crippen LogP contribution in [-0.2, 0) is 16.1 Å². The monoisotopic (exact) mass is 297 g/mol. The number of nitrogens with one attached hydrogen (secondary N) is 2. The highest BCUT2D eigenvalue weighted by atomic mass is 16.6. The highest BCUT2D eigenvalue weighted by molar-refractivity contribution is 5.77. The number of nitro benzene ring substituents is 1. The standard InChI is InChI=1S/C13H19N3O5/c1-14-13(17)9-21-12-4-3-11(16(18)19)7-10(12)8-15-5-6-20-2/h3-4,7,15H,5-6,8-9H2,1-2H3,(H,14,17). The number of nitro groups is 1. The van der Waals surface area contributed by atoms with Gasteiger partial charge in [0, 0.05) is 44.9 Å². The van der Waals surface area contributed by atoms with Crippen molar-refractivity contribution in [3.05, 3.63) is 33.9 Å². The van der Waals surface area contributed by atoms with E-state index in [4.69, 9.17) is 9.47 Å². The zero-order valence-electron chi connectivity index (χ0n) is 12.0. The van der Waals surface area contributed by atoms with Crippen molar-refractivity contribution in [3.8, 4) is 5.75 Å². The molecule has 0 aliphatic heterocycles. The summed E-state index contributed by atoms with van der Waals surface area (Å²) in [6.45, 7) is 1.38. The number of carbonyl (C=O) groups excluding carboxylic acids is 1. The molecule has 0 spiro atoms. The molecule has 116 valence electrons. The Kier molecular flexibility index (Phi) is 7.13. The molecule has 1 aromatic rings. The summed E-state index contributed by atoms with van der Waals surface area (Å²) in [7, 11) is 3.10. The van der Waals surface area contributed by atoms with Crippen LogP contribution in [0.1, 0.15) is 5.56 Å². The van der Waals surface area contributed by atoms with Gasteiger partial charge in [0.25, 0.3) is 11.6 Å². The summed E-state index contributed by atoms with van der Waals surface area (Å²) < 4.78 is 10.3. The van der Waals surface area contributed by atoms with Crippen molar-refractivity contribution in [1.29, 1.82) is 0 Å². The fourth-order valence-electron chi connectivity index (χ4n) is 1.57. The maximum absolute atomic E-state index is 11.2. The minimum atomic E-state index is -0.471. The number of ether oxygens (including phenoxy) is 2. The van der Waals surface area contributed by atoms with E-state index in [1.54, 1.807) is 7.11 Å². The highest BCUT2D eigenvalue weighted by Gasteiger charge is 2.12. The van der Waals surface area contributed by atoms with E-state index in [1.165, 1.54) is 25.2 Å². The minimum absolute atomic E-state index is 0.0224.